The van der Waals surface area contributed by atoms with Crippen LogP contribution in [0.1, 0.15) is 25.1 Å². The molecule has 1 aromatic rings. The predicted molar refractivity (Wildman–Crippen MR) is 63.8 cm³/mol. The molecule has 1 amide bonds. The maximum absolute atomic E-state index is 11.5. The van der Waals surface area contributed by atoms with E-state index in [4.69, 9.17) is 4.74 Å². The smallest absolute Gasteiger partial charge is 0.412 e. The molecule has 6 nitrogen and oxygen atoms in total. The molecular formula is C11H18N4O2. The third-order valence-electron chi connectivity index (χ3n) is 2.57. The Hall–Kier alpha value is -1.56. The first kappa shape index (κ1) is 11.9. The molecule has 94 valence electrons. The number of H-pyrrole nitrogens is 1. The summed E-state index contributed by atoms with van der Waals surface area (Å²) in [5, 5.41) is 12.9. The largest absolute Gasteiger partial charge is 0.449 e. The number of carbonyl (C=O) groups excluding carboxylic acids is 1. The van der Waals surface area contributed by atoms with Crippen LogP contribution in [0.4, 0.5) is 10.6 Å². The fraction of sp³-hybridized carbons (Fsp3) is 0.636. The third-order valence-corrected chi connectivity index (χ3v) is 2.57. The molecule has 0 radical (unpaired) electrons. The molecule has 0 aliphatic carbocycles. The molecule has 0 saturated carbocycles. The van der Waals surface area contributed by atoms with Crippen LogP contribution in [0.5, 0.6) is 0 Å². The van der Waals surface area contributed by atoms with Crippen molar-refractivity contribution >= 4 is 11.9 Å². The van der Waals surface area contributed by atoms with Crippen molar-refractivity contribution in [3.63, 3.8) is 0 Å². The van der Waals surface area contributed by atoms with Gasteiger partial charge in [0.1, 0.15) is 0 Å². The van der Waals surface area contributed by atoms with Gasteiger partial charge in [0.2, 0.25) is 0 Å². The standard InChI is InChI=1S/C11H18N4O2/c1-7(2)6-17-11(16)13-10-8-5-12-4-3-9(8)14-15-10/h7,12H,3-6H2,1-2H3,(H2,13,14,15,16). The van der Waals surface area contributed by atoms with E-state index in [1.165, 1.54) is 0 Å². The van der Waals surface area contributed by atoms with Crippen molar-refractivity contribution in [2.24, 2.45) is 5.92 Å². The van der Waals surface area contributed by atoms with E-state index in [1.807, 2.05) is 13.8 Å². The Morgan fingerprint density at radius 1 is 1.59 bits per heavy atom. The number of aromatic nitrogens is 2. The molecule has 17 heavy (non-hydrogen) atoms. The van der Waals surface area contributed by atoms with Gasteiger partial charge in [0.25, 0.3) is 0 Å². The van der Waals surface area contributed by atoms with Crippen molar-refractivity contribution in [3.8, 4) is 0 Å². The average Bonchev–Trinajstić information content (AvgIpc) is 2.70. The van der Waals surface area contributed by atoms with Crippen LogP contribution in [0, 0.1) is 5.92 Å². The monoisotopic (exact) mass is 238 g/mol. The molecule has 0 fully saturated rings. The van der Waals surface area contributed by atoms with E-state index in [0.717, 1.165) is 30.8 Å². The Kier molecular flexibility index (Phi) is 3.63. The normalized spacial score (nSPS) is 14.5. The number of nitrogens with one attached hydrogen (secondary N) is 3. The summed E-state index contributed by atoms with van der Waals surface area (Å²) in [6, 6.07) is 0. The number of carbonyl (C=O) groups is 1. The number of nitrogens with zero attached hydrogens (tertiary/aromatic N) is 1. The van der Waals surface area contributed by atoms with Gasteiger partial charge >= 0.3 is 6.09 Å². The van der Waals surface area contributed by atoms with Crippen LogP contribution in [0.25, 0.3) is 0 Å². The second-order valence-electron chi connectivity index (χ2n) is 4.57. The maximum Gasteiger partial charge on any atom is 0.412 e. The Morgan fingerprint density at radius 3 is 3.18 bits per heavy atom. The minimum Gasteiger partial charge on any atom is -0.449 e. The molecule has 1 aromatic heterocycles. The molecule has 0 bridgehead atoms. The number of amides is 1. The third kappa shape index (κ3) is 2.97. The van der Waals surface area contributed by atoms with Crippen molar-refractivity contribution in [1.82, 2.24) is 15.5 Å². The zero-order chi connectivity index (χ0) is 12.3. The molecule has 1 aliphatic rings. The number of rotatable bonds is 3. The van der Waals surface area contributed by atoms with Crippen LogP contribution in [-0.2, 0) is 17.7 Å². The topological polar surface area (TPSA) is 79.0 Å². The molecular weight excluding hydrogens is 220 g/mol. The fourth-order valence-corrected chi connectivity index (χ4v) is 1.70. The molecule has 0 unspecified atom stereocenters. The second kappa shape index (κ2) is 5.18. The summed E-state index contributed by atoms with van der Waals surface area (Å²) in [7, 11) is 0. The number of hydrogen-bond donors (Lipinski definition) is 3. The summed E-state index contributed by atoms with van der Waals surface area (Å²) >= 11 is 0. The number of anilines is 1. The maximum atomic E-state index is 11.5. The number of hydrogen-bond acceptors (Lipinski definition) is 4. The first-order valence-electron chi connectivity index (χ1n) is 5.87. The van der Waals surface area contributed by atoms with Crippen molar-refractivity contribution in [2.45, 2.75) is 26.8 Å². The first-order chi connectivity index (χ1) is 8.16. The fourth-order valence-electron chi connectivity index (χ4n) is 1.70. The van der Waals surface area contributed by atoms with E-state index < -0.39 is 6.09 Å². The summed E-state index contributed by atoms with van der Waals surface area (Å²) in [5.74, 6) is 0.900. The van der Waals surface area contributed by atoms with Crippen LogP contribution < -0.4 is 10.6 Å². The summed E-state index contributed by atoms with van der Waals surface area (Å²) in [5.41, 5.74) is 2.11. The van der Waals surface area contributed by atoms with Gasteiger partial charge in [0, 0.05) is 30.8 Å². The Balaban J connectivity index is 1.94. The van der Waals surface area contributed by atoms with Crippen LogP contribution >= 0.6 is 0 Å². The molecule has 1 aliphatic heterocycles. The zero-order valence-corrected chi connectivity index (χ0v) is 10.2. The molecule has 0 saturated heterocycles. The van der Waals surface area contributed by atoms with Gasteiger partial charge in [-0.1, -0.05) is 13.8 Å². The van der Waals surface area contributed by atoms with E-state index in [0.29, 0.717) is 18.3 Å². The molecule has 0 atom stereocenters. The average molecular weight is 238 g/mol. The van der Waals surface area contributed by atoms with Crippen LogP contribution in [0.15, 0.2) is 0 Å². The Morgan fingerprint density at radius 2 is 2.41 bits per heavy atom. The highest BCUT2D eigenvalue weighted by atomic mass is 16.5. The predicted octanol–water partition coefficient (Wildman–Crippen LogP) is 1.26. The lowest BCUT2D eigenvalue weighted by Gasteiger charge is -2.13. The summed E-state index contributed by atoms with van der Waals surface area (Å²) in [6.45, 7) is 6.07. The lowest BCUT2D eigenvalue weighted by atomic mass is 10.1. The van der Waals surface area contributed by atoms with Crippen LogP contribution in [-0.4, -0.2) is 29.4 Å². The Bertz CT molecular complexity index is 400. The summed E-state index contributed by atoms with van der Waals surface area (Å²) < 4.78 is 5.04. The van der Waals surface area contributed by atoms with Gasteiger partial charge < -0.3 is 10.1 Å². The van der Waals surface area contributed by atoms with Gasteiger partial charge in [-0.3, -0.25) is 10.4 Å². The van der Waals surface area contributed by atoms with Crippen LogP contribution in [0.3, 0.4) is 0 Å². The van der Waals surface area contributed by atoms with E-state index in [9.17, 15) is 4.79 Å². The van der Waals surface area contributed by atoms with E-state index >= 15 is 0 Å². The minimum absolute atomic E-state index is 0.329. The first-order valence-corrected chi connectivity index (χ1v) is 5.87. The molecule has 3 N–H and O–H groups in total. The summed E-state index contributed by atoms with van der Waals surface area (Å²) in [6.07, 6.45) is 0.462. The van der Waals surface area contributed by atoms with Gasteiger partial charge in [-0.2, -0.15) is 5.10 Å². The van der Waals surface area contributed by atoms with Gasteiger partial charge in [-0.25, -0.2) is 4.79 Å². The van der Waals surface area contributed by atoms with Crippen molar-refractivity contribution in [1.29, 1.82) is 0 Å². The quantitative estimate of drug-likeness (QED) is 0.740. The van der Waals surface area contributed by atoms with Crippen molar-refractivity contribution in [2.75, 3.05) is 18.5 Å². The SMILES string of the molecule is CC(C)COC(=O)Nc1n[nH]c2c1CNCC2. The highest BCUT2D eigenvalue weighted by molar-refractivity contribution is 5.84. The van der Waals surface area contributed by atoms with E-state index in [1.54, 1.807) is 0 Å². The second-order valence-corrected chi connectivity index (χ2v) is 4.57. The van der Waals surface area contributed by atoms with Crippen molar-refractivity contribution < 1.29 is 9.53 Å². The zero-order valence-electron chi connectivity index (χ0n) is 10.2. The molecule has 2 rings (SSSR count). The molecule has 2 heterocycles. The lowest BCUT2D eigenvalue weighted by molar-refractivity contribution is 0.147. The van der Waals surface area contributed by atoms with Crippen molar-refractivity contribution in [3.05, 3.63) is 11.3 Å². The Labute approximate surface area is 100 Å². The van der Waals surface area contributed by atoms with Gasteiger partial charge in [0.15, 0.2) is 5.82 Å². The molecule has 0 spiro atoms. The number of ether oxygens (including phenoxy) is 1. The number of fused-ring (bicyclic) bond motifs is 1. The molecule has 0 aromatic carbocycles. The van der Waals surface area contributed by atoms with E-state index in [-0.39, 0.29) is 0 Å². The van der Waals surface area contributed by atoms with Gasteiger partial charge in [-0.05, 0) is 5.92 Å². The molecule has 6 heteroatoms. The van der Waals surface area contributed by atoms with E-state index in [2.05, 4.69) is 20.8 Å². The highest BCUT2D eigenvalue weighted by Crippen LogP contribution is 2.19. The highest BCUT2D eigenvalue weighted by Gasteiger charge is 2.18. The summed E-state index contributed by atoms with van der Waals surface area (Å²) in [4.78, 5) is 11.5. The number of aromatic amines is 1. The minimum atomic E-state index is -0.446. The lowest BCUT2D eigenvalue weighted by Crippen LogP contribution is -2.24. The van der Waals surface area contributed by atoms with Gasteiger partial charge in [-0.15, -0.1) is 0 Å². The van der Waals surface area contributed by atoms with Gasteiger partial charge in [0.05, 0.1) is 6.61 Å². The van der Waals surface area contributed by atoms with Crippen LogP contribution in [0.2, 0.25) is 0 Å².